The zero-order chi connectivity index (χ0) is 16.3. The van der Waals surface area contributed by atoms with Gasteiger partial charge in [-0.15, -0.1) is 0 Å². The summed E-state index contributed by atoms with van der Waals surface area (Å²) < 4.78 is 0. The van der Waals surface area contributed by atoms with Crippen LogP contribution in [0.1, 0.15) is 40.5 Å². The van der Waals surface area contributed by atoms with Crippen LogP contribution in [0, 0.1) is 11.8 Å². The van der Waals surface area contributed by atoms with Crippen LogP contribution >= 0.6 is 0 Å². The van der Waals surface area contributed by atoms with Crippen molar-refractivity contribution in [2.45, 2.75) is 40.5 Å². The van der Waals surface area contributed by atoms with Crippen LogP contribution in [0.25, 0.3) is 0 Å². The van der Waals surface area contributed by atoms with E-state index in [9.17, 15) is 9.59 Å². The molecule has 0 heterocycles. The van der Waals surface area contributed by atoms with Gasteiger partial charge < -0.3 is 20.6 Å². The van der Waals surface area contributed by atoms with E-state index in [1.807, 2.05) is 0 Å². The normalized spacial score (nSPS) is 12.5. The molecule has 0 aromatic heterocycles. The molecule has 0 aliphatic rings. The van der Waals surface area contributed by atoms with Crippen LogP contribution in [0.2, 0.25) is 0 Å². The summed E-state index contributed by atoms with van der Waals surface area (Å²) >= 11 is 0. The number of carboxylic acid groups (broad SMARTS) is 1. The molecule has 6 heteroatoms. The number of rotatable bonds is 11. The number of urea groups is 1. The Morgan fingerprint density at radius 1 is 1.14 bits per heavy atom. The summed E-state index contributed by atoms with van der Waals surface area (Å²) in [6.45, 7) is 12.0. The minimum atomic E-state index is -0.815. The summed E-state index contributed by atoms with van der Waals surface area (Å²) in [5.41, 5.74) is 0. The quantitative estimate of drug-likeness (QED) is 0.543. The molecule has 0 radical (unpaired) electrons. The summed E-state index contributed by atoms with van der Waals surface area (Å²) in [5.74, 6) is -0.415. The SMILES string of the molecule is CCN(CC)CCNC(=O)NC[C@H](CC(=O)O)CC(C)C. The number of hydrogen-bond donors (Lipinski definition) is 3. The molecule has 0 aromatic rings. The Bertz CT molecular complexity index is 305. The third kappa shape index (κ3) is 11.1. The highest BCUT2D eigenvalue weighted by Gasteiger charge is 2.16. The molecule has 0 saturated heterocycles. The number of aliphatic carboxylic acids is 1. The minimum absolute atomic E-state index is 0.0176. The van der Waals surface area contributed by atoms with Crippen LogP contribution in [-0.2, 0) is 4.79 Å². The average molecular weight is 301 g/mol. The van der Waals surface area contributed by atoms with E-state index < -0.39 is 5.97 Å². The number of carbonyl (C=O) groups excluding carboxylic acids is 1. The first-order valence-corrected chi connectivity index (χ1v) is 7.84. The van der Waals surface area contributed by atoms with Crippen molar-refractivity contribution < 1.29 is 14.7 Å². The second-order valence-electron chi connectivity index (χ2n) is 5.76. The maximum absolute atomic E-state index is 11.7. The topological polar surface area (TPSA) is 81.7 Å². The molecule has 2 amide bonds. The van der Waals surface area contributed by atoms with Crippen LogP contribution in [0.5, 0.6) is 0 Å². The van der Waals surface area contributed by atoms with Gasteiger partial charge in [0.25, 0.3) is 0 Å². The van der Waals surface area contributed by atoms with Crippen molar-refractivity contribution in [3.63, 3.8) is 0 Å². The fraction of sp³-hybridized carbons (Fsp3) is 0.867. The summed E-state index contributed by atoms with van der Waals surface area (Å²) in [7, 11) is 0. The Hall–Kier alpha value is -1.30. The molecule has 124 valence electrons. The zero-order valence-electron chi connectivity index (χ0n) is 13.8. The maximum Gasteiger partial charge on any atom is 0.314 e. The van der Waals surface area contributed by atoms with Crippen LogP contribution in [0.3, 0.4) is 0 Å². The summed E-state index contributed by atoms with van der Waals surface area (Å²) in [6.07, 6.45) is 0.893. The second kappa shape index (κ2) is 11.4. The summed E-state index contributed by atoms with van der Waals surface area (Å²) in [6, 6.07) is -0.221. The van der Waals surface area contributed by atoms with Gasteiger partial charge in [0.15, 0.2) is 0 Å². The van der Waals surface area contributed by atoms with E-state index >= 15 is 0 Å². The van der Waals surface area contributed by atoms with Crippen LogP contribution < -0.4 is 10.6 Å². The molecule has 0 saturated carbocycles. The molecular formula is C15H31N3O3. The van der Waals surface area contributed by atoms with E-state index in [0.29, 0.717) is 19.0 Å². The molecule has 1 atom stereocenters. The van der Waals surface area contributed by atoms with Gasteiger partial charge in [-0.2, -0.15) is 0 Å². The first kappa shape index (κ1) is 19.7. The van der Waals surface area contributed by atoms with Crippen molar-refractivity contribution in [2.75, 3.05) is 32.7 Å². The Kier molecular flexibility index (Phi) is 10.7. The Labute approximate surface area is 128 Å². The standard InChI is InChI=1S/C15H31N3O3/c1-5-18(6-2)8-7-16-15(21)17-11-13(9-12(3)4)10-14(19)20/h12-13H,5-11H2,1-4H3,(H,19,20)(H2,16,17,21)/t13-/m0/s1. The van der Waals surface area contributed by atoms with Crippen molar-refractivity contribution in [1.82, 2.24) is 15.5 Å². The maximum atomic E-state index is 11.7. The Morgan fingerprint density at radius 3 is 2.24 bits per heavy atom. The smallest absolute Gasteiger partial charge is 0.314 e. The monoisotopic (exact) mass is 301 g/mol. The van der Waals surface area contributed by atoms with E-state index in [4.69, 9.17) is 5.11 Å². The van der Waals surface area contributed by atoms with E-state index in [1.54, 1.807) is 0 Å². The van der Waals surface area contributed by atoms with Crippen molar-refractivity contribution >= 4 is 12.0 Å². The lowest BCUT2D eigenvalue weighted by Gasteiger charge is -2.20. The molecule has 21 heavy (non-hydrogen) atoms. The molecule has 0 spiro atoms. The fourth-order valence-electron chi connectivity index (χ4n) is 2.32. The molecular weight excluding hydrogens is 270 g/mol. The highest BCUT2D eigenvalue weighted by Crippen LogP contribution is 2.14. The van der Waals surface area contributed by atoms with Gasteiger partial charge in [-0.05, 0) is 31.3 Å². The van der Waals surface area contributed by atoms with E-state index in [2.05, 4.69) is 43.2 Å². The third-order valence-corrected chi connectivity index (χ3v) is 3.43. The van der Waals surface area contributed by atoms with Gasteiger partial charge in [0, 0.05) is 26.1 Å². The predicted octanol–water partition coefficient (Wildman–Crippen LogP) is 1.76. The average Bonchev–Trinajstić information content (AvgIpc) is 2.39. The predicted molar refractivity (Wildman–Crippen MR) is 84.4 cm³/mol. The Balaban J connectivity index is 3.98. The van der Waals surface area contributed by atoms with Crippen molar-refractivity contribution in [3.8, 4) is 0 Å². The molecule has 0 bridgehead atoms. The number of likely N-dealkylation sites (N-methyl/N-ethyl adjacent to an activating group) is 1. The van der Waals surface area contributed by atoms with E-state index in [1.165, 1.54) is 0 Å². The number of nitrogens with zero attached hydrogens (tertiary/aromatic N) is 1. The van der Waals surface area contributed by atoms with Gasteiger partial charge in [-0.3, -0.25) is 4.79 Å². The van der Waals surface area contributed by atoms with Crippen molar-refractivity contribution in [3.05, 3.63) is 0 Å². The lowest BCUT2D eigenvalue weighted by molar-refractivity contribution is -0.138. The summed E-state index contributed by atoms with van der Waals surface area (Å²) in [5, 5.41) is 14.5. The lowest BCUT2D eigenvalue weighted by atomic mass is 9.94. The Morgan fingerprint density at radius 2 is 1.76 bits per heavy atom. The molecule has 0 aromatic carbocycles. The van der Waals surface area contributed by atoms with Crippen LogP contribution in [-0.4, -0.2) is 54.7 Å². The second-order valence-corrected chi connectivity index (χ2v) is 5.76. The highest BCUT2D eigenvalue weighted by atomic mass is 16.4. The van der Waals surface area contributed by atoms with E-state index in [-0.39, 0.29) is 18.4 Å². The summed E-state index contributed by atoms with van der Waals surface area (Å²) in [4.78, 5) is 24.7. The molecule has 0 aliphatic carbocycles. The molecule has 0 rings (SSSR count). The highest BCUT2D eigenvalue weighted by molar-refractivity contribution is 5.74. The fourth-order valence-corrected chi connectivity index (χ4v) is 2.32. The van der Waals surface area contributed by atoms with Gasteiger partial charge in [-0.1, -0.05) is 27.7 Å². The van der Waals surface area contributed by atoms with Gasteiger partial charge in [0.05, 0.1) is 0 Å². The number of carboxylic acids is 1. The first-order valence-electron chi connectivity index (χ1n) is 7.84. The first-order chi connectivity index (χ1) is 9.88. The van der Waals surface area contributed by atoms with Gasteiger partial charge >= 0.3 is 12.0 Å². The van der Waals surface area contributed by atoms with Crippen LogP contribution in [0.4, 0.5) is 4.79 Å². The van der Waals surface area contributed by atoms with Gasteiger partial charge in [-0.25, -0.2) is 4.79 Å². The largest absolute Gasteiger partial charge is 0.481 e. The third-order valence-electron chi connectivity index (χ3n) is 3.43. The molecule has 0 unspecified atom stereocenters. The van der Waals surface area contributed by atoms with Gasteiger partial charge in [0.1, 0.15) is 0 Å². The van der Waals surface area contributed by atoms with Crippen molar-refractivity contribution in [1.29, 1.82) is 0 Å². The molecule has 0 fully saturated rings. The number of amides is 2. The molecule has 3 N–H and O–H groups in total. The zero-order valence-corrected chi connectivity index (χ0v) is 13.8. The van der Waals surface area contributed by atoms with Gasteiger partial charge in [0.2, 0.25) is 0 Å². The van der Waals surface area contributed by atoms with Crippen LogP contribution in [0.15, 0.2) is 0 Å². The lowest BCUT2D eigenvalue weighted by Crippen LogP contribution is -2.42. The molecule has 0 aliphatic heterocycles. The number of nitrogens with one attached hydrogen (secondary N) is 2. The van der Waals surface area contributed by atoms with Crippen molar-refractivity contribution in [2.24, 2.45) is 11.8 Å². The van der Waals surface area contributed by atoms with E-state index in [0.717, 1.165) is 26.1 Å². The number of hydrogen-bond acceptors (Lipinski definition) is 3. The number of carbonyl (C=O) groups is 2. The molecule has 6 nitrogen and oxygen atoms in total. The minimum Gasteiger partial charge on any atom is -0.481 e.